The second-order valence-corrected chi connectivity index (χ2v) is 6.34. The molecule has 0 aliphatic heterocycles. The first-order chi connectivity index (χ1) is 7.24. The Bertz CT molecular complexity index is 131. The number of hydrogen-bond acceptors (Lipinski definition) is 4. The van der Waals surface area contributed by atoms with Crippen molar-refractivity contribution in [3.8, 4) is 0 Å². The minimum absolute atomic E-state index is 0.948. The fraction of sp³-hybridized carbons (Fsp3) is 1.00. The lowest BCUT2D eigenvalue weighted by atomic mass is 10.3. The van der Waals surface area contributed by atoms with Crippen LogP contribution in [0.5, 0.6) is 0 Å². The summed E-state index contributed by atoms with van der Waals surface area (Å²) in [5.74, 6) is 0. The predicted molar refractivity (Wildman–Crippen MR) is 65.6 cm³/mol. The lowest BCUT2D eigenvalue weighted by Crippen LogP contribution is -2.66. The molecule has 5 heteroatoms. The first kappa shape index (κ1) is 15.1. The Hall–Kier alpha value is 0.0569. The topological polar surface area (TPSA) is 42.5 Å². The van der Waals surface area contributed by atoms with E-state index in [2.05, 4.69) is 23.8 Å². The van der Waals surface area contributed by atoms with Gasteiger partial charge in [0.1, 0.15) is 0 Å². The molecule has 0 heterocycles. The fourth-order valence-corrected chi connectivity index (χ4v) is 3.17. The SMILES string of the molecule is CCCCN[Si](NCCCC)(OC)OC. The summed E-state index contributed by atoms with van der Waals surface area (Å²) in [6, 6.07) is 0. The summed E-state index contributed by atoms with van der Waals surface area (Å²) < 4.78 is 10.9. The largest absolute Gasteiger partial charge is 0.516 e. The van der Waals surface area contributed by atoms with Crippen LogP contribution in [0.1, 0.15) is 39.5 Å². The second-order valence-electron chi connectivity index (χ2n) is 3.59. The molecule has 0 aromatic heterocycles. The Morgan fingerprint density at radius 2 is 1.27 bits per heavy atom. The molecule has 92 valence electrons. The molecule has 0 rings (SSSR count). The molecule has 0 aromatic rings. The zero-order chi connectivity index (χ0) is 11.6. The van der Waals surface area contributed by atoms with Crippen molar-refractivity contribution in [2.45, 2.75) is 39.5 Å². The van der Waals surface area contributed by atoms with Gasteiger partial charge in [-0.15, -0.1) is 0 Å². The van der Waals surface area contributed by atoms with Gasteiger partial charge < -0.3 is 8.85 Å². The summed E-state index contributed by atoms with van der Waals surface area (Å²) >= 11 is 0. The number of hydrogen-bond donors (Lipinski definition) is 2. The van der Waals surface area contributed by atoms with Crippen molar-refractivity contribution < 1.29 is 8.85 Å². The van der Waals surface area contributed by atoms with Gasteiger partial charge in [-0.1, -0.05) is 26.7 Å². The van der Waals surface area contributed by atoms with Crippen molar-refractivity contribution in [1.29, 1.82) is 0 Å². The van der Waals surface area contributed by atoms with Gasteiger partial charge in [0.05, 0.1) is 0 Å². The minimum Gasteiger partial charge on any atom is -0.374 e. The zero-order valence-corrected chi connectivity index (χ0v) is 11.6. The van der Waals surface area contributed by atoms with Gasteiger partial charge in [-0.05, 0) is 25.9 Å². The standard InChI is InChI=1S/C10H26N2O2Si/c1-5-7-9-11-15(13-3,14-4)12-10-8-6-2/h11-12H,5-10H2,1-4H3. The lowest BCUT2D eigenvalue weighted by Gasteiger charge is -2.28. The third-order valence-corrected chi connectivity index (χ3v) is 4.93. The second kappa shape index (κ2) is 9.29. The molecule has 0 aliphatic carbocycles. The first-order valence-corrected chi connectivity index (χ1v) is 7.66. The van der Waals surface area contributed by atoms with Gasteiger partial charge in [0, 0.05) is 14.2 Å². The molecule has 15 heavy (non-hydrogen) atoms. The van der Waals surface area contributed by atoms with E-state index in [0.717, 1.165) is 25.9 Å². The van der Waals surface area contributed by atoms with Crippen molar-refractivity contribution >= 4 is 8.88 Å². The summed E-state index contributed by atoms with van der Waals surface area (Å²) in [6.45, 7) is 6.25. The van der Waals surface area contributed by atoms with Crippen LogP contribution >= 0.6 is 0 Å². The highest BCUT2D eigenvalue weighted by Crippen LogP contribution is 1.98. The fourth-order valence-electron chi connectivity index (χ4n) is 1.29. The smallest absolute Gasteiger partial charge is 0.374 e. The molecule has 0 fully saturated rings. The van der Waals surface area contributed by atoms with Gasteiger partial charge in [-0.3, -0.25) is 9.96 Å². The maximum absolute atomic E-state index is 5.47. The van der Waals surface area contributed by atoms with Crippen molar-refractivity contribution in [1.82, 2.24) is 9.96 Å². The quantitative estimate of drug-likeness (QED) is 0.444. The van der Waals surface area contributed by atoms with E-state index in [9.17, 15) is 0 Å². The summed E-state index contributed by atoms with van der Waals surface area (Å²) in [7, 11) is 1.09. The Kier molecular flexibility index (Phi) is 9.33. The van der Waals surface area contributed by atoms with Crippen LogP contribution in [0.15, 0.2) is 0 Å². The van der Waals surface area contributed by atoms with Gasteiger partial charge in [-0.2, -0.15) is 0 Å². The molecule has 0 unspecified atom stereocenters. The van der Waals surface area contributed by atoms with E-state index in [1.165, 1.54) is 12.8 Å². The third kappa shape index (κ3) is 6.27. The van der Waals surface area contributed by atoms with Crippen LogP contribution in [-0.4, -0.2) is 36.2 Å². The van der Waals surface area contributed by atoms with Crippen LogP contribution in [-0.2, 0) is 8.85 Å². The maximum Gasteiger partial charge on any atom is 0.516 e. The van der Waals surface area contributed by atoms with E-state index in [1.54, 1.807) is 14.2 Å². The number of unbranched alkanes of at least 4 members (excludes halogenated alkanes) is 2. The monoisotopic (exact) mass is 234 g/mol. The molecule has 4 nitrogen and oxygen atoms in total. The molecule has 0 saturated heterocycles. The van der Waals surface area contributed by atoms with Crippen molar-refractivity contribution in [3.05, 3.63) is 0 Å². The van der Waals surface area contributed by atoms with Gasteiger partial charge >= 0.3 is 8.88 Å². The van der Waals surface area contributed by atoms with Crippen LogP contribution in [0.2, 0.25) is 0 Å². The van der Waals surface area contributed by atoms with Crippen LogP contribution in [0.4, 0.5) is 0 Å². The highest BCUT2D eigenvalue weighted by molar-refractivity contribution is 6.62. The van der Waals surface area contributed by atoms with E-state index >= 15 is 0 Å². The van der Waals surface area contributed by atoms with E-state index in [-0.39, 0.29) is 0 Å². The molecule has 0 aliphatic rings. The van der Waals surface area contributed by atoms with Gasteiger partial charge in [-0.25, -0.2) is 0 Å². The molecular weight excluding hydrogens is 208 g/mol. The summed E-state index contributed by atoms with van der Waals surface area (Å²) in [5.41, 5.74) is 0. The Labute approximate surface area is 95.1 Å². The number of rotatable bonds is 10. The molecule has 0 saturated carbocycles. The summed E-state index contributed by atoms with van der Waals surface area (Å²) in [5, 5.41) is 0. The molecule has 0 atom stereocenters. The molecular formula is C10H26N2O2Si. The Morgan fingerprint density at radius 3 is 1.53 bits per heavy atom. The molecule has 0 bridgehead atoms. The predicted octanol–water partition coefficient (Wildman–Crippen LogP) is 1.49. The van der Waals surface area contributed by atoms with Gasteiger partial charge in [0.25, 0.3) is 0 Å². The summed E-state index contributed by atoms with van der Waals surface area (Å²) in [6.07, 6.45) is 4.66. The van der Waals surface area contributed by atoms with E-state index < -0.39 is 8.88 Å². The van der Waals surface area contributed by atoms with E-state index in [0.29, 0.717) is 0 Å². The highest BCUT2D eigenvalue weighted by atomic mass is 28.4. The molecule has 0 spiro atoms. The molecule has 0 amide bonds. The maximum atomic E-state index is 5.47. The minimum atomic E-state index is -2.32. The van der Waals surface area contributed by atoms with Gasteiger partial charge in [0.2, 0.25) is 0 Å². The lowest BCUT2D eigenvalue weighted by molar-refractivity contribution is 0.213. The van der Waals surface area contributed by atoms with Crippen LogP contribution in [0, 0.1) is 0 Å². The van der Waals surface area contributed by atoms with Crippen molar-refractivity contribution in [3.63, 3.8) is 0 Å². The zero-order valence-electron chi connectivity index (χ0n) is 10.6. The summed E-state index contributed by atoms with van der Waals surface area (Å²) in [4.78, 5) is 6.75. The molecule has 0 aromatic carbocycles. The average molecular weight is 234 g/mol. The Morgan fingerprint density at radius 1 is 0.867 bits per heavy atom. The normalized spacial score (nSPS) is 12.0. The molecule has 2 N–H and O–H groups in total. The van der Waals surface area contributed by atoms with Gasteiger partial charge in [0.15, 0.2) is 0 Å². The van der Waals surface area contributed by atoms with Crippen LogP contribution in [0.3, 0.4) is 0 Å². The van der Waals surface area contributed by atoms with Crippen molar-refractivity contribution in [2.24, 2.45) is 0 Å². The number of nitrogens with one attached hydrogen (secondary N) is 2. The first-order valence-electron chi connectivity index (χ1n) is 5.85. The highest BCUT2D eigenvalue weighted by Gasteiger charge is 2.35. The molecule has 0 radical (unpaired) electrons. The van der Waals surface area contributed by atoms with Crippen LogP contribution in [0.25, 0.3) is 0 Å². The third-order valence-electron chi connectivity index (χ3n) is 2.35. The van der Waals surface area contributed by atoms with Crippen molar-refractivity contribution in [2.75, 3.05) is 27.3 Å². The van der Waals surface area contributed by atoms with E-state index in [4.69, 9.17) is 8.85 Å². The van der Waals surface area contributed by atoms with Crippen LogP contribution < -0.4 is 9.96 Å². The Balaban J connectivity index is 3.93. The van der Waals surface area contributed by atoms with E-state index in [1.807, 2.05) is 0 Å². The average Bonchev–Trinajstić information content (AvgIpc) is 2.28.